The van der Waals surface area contributed by atoms with Crippen molar-refractivity contribution in [3.63, 3.8) is 0 Å². The minimum Gasteiger partial charge on any atom is -0.494 e. The maximum absolute atomic E-state index is 14.2. The van der Waals surface area contributed by atoms with E-state index in [1.54, 1.807) is 24.3 Å². The van der Waals surface area contributed by atoms with Crippen LogP contribution in [-0.2, 0) is 26.2 Å². The van der Waals surface area contributed by atoms with Gasteiger partial charge in [0.05, 0.1) is 17.2 Å². The third kappa shape index (κ3) is 8.09. The fraction of sp³-hybridized carbons (Fsp3) is 0.375. The van der Waals surface area contributed by atoms with Gasteiger partial charge in [-0.15, -0.1) is 0 Å². The summed E-state index contributed by atoms with van der Waals surface area (Å²) in [5, 5.41) is 2.97. The van der Waals surface area contributed by atoms with Crippen LogP contribution in [-0.4, -0.2) is 50.4 Å². The largest absolute Gasteiger partial charge is 0.494 e. The number of carbonyl (C=O) groups excluding carboxylic acids is 2. The molecule has 3 rings (SSSR count). The predicted octanol–water partition coefficient (Wildman–Crippen LogP) is 5.45. The van der Waals surface area contributed by atoms with Crippen LogP contribution in [0, 0.1) is 12.7 Å². The highest BCUT2D eigenvalue weighted by molar-refractivity contribution is 7.92. The normalized spacial score (nSPS) is 12.7. The summed E-state index contributed by atoms with van der Waals surface area (Å²) >= 11 is 0. The first-order chi connectivity index (χ1) is 20.0. The van der Waals surface area contributed by atoms with Crippen LogP contribution in [0.4, 0.5) is 10.1 Å². The molecule has 226 valence electrons. The zero-order valence-corrected chi connectivity index (χ0v) is 25.7. The number of ether oxygens (including phenoxy) is 1. The van der Waals surface area contributed by atoms with Gasteiger partial charge in [-0.1, -0.05) is 38.1 Å². The predicted molar refractivity (Wildman–Crippen MR) is 162 cm³/mol. The van der Waals surface area contributed by atoms with Crippen molar-refractivity contribution in [3.05, 3.63) is 89.7 Å². The lowest BCUT2D eigenvalue weighted by Gasteiger charge is -2.34. The molecular formula is C32H40FN3O5S. The average Bonchev–Trinajstić information content (AvgIpc) is 2.97. The lowest BCUT2D eigenvalue weighted by molar-refractivity contribution is -0.140. The number of aryl methyl sites for hydroxylation is 1. The molecule has 10 heteroatoms. The Morgan fingerprint density at radius 2 is 1.57 bits per heavy atom. The van der Waals surface area contributed by atoms with Crippen molar-refractivity contribution in [2.45, 2.75) is 71.0 Å². The van der Waals surface area contributed by atoms with Gasteiger partial charge in [-0.3, -0.25) is 13.9 Å². The van der Waals surface area contributed by atoms with Gasteiger partial charge in [0, 0.05) is 12.6 Å². The van der Waals surface area contributed by atoms with Crippen LogP contribution in [0.25, 0.3) is 0 Å². The molecule has 2 atom stereocenters. The smallest absolute Gasteiger partial charge is 0.264 e. The van der Waals surface area contributed by atoms with Crippen LogP contribution in [0.2, 0.25) is 0 Å². The first-order valence-corrected chi connectivity index (χ1v) is 15.6. The summed E-state index contributed by atoms with van der Waals surface area (Å²) in [6, 6.07) is 17.4. The van der Waals surface area contributed by atoms with E-state index < -0.39 is 34.3 Å². The first kappa shape index (κ1) is 32.6. The Hall–Kier alpha value is -3.92. The fourth-order valence-corrected chi connectivity index (χ4v) is 5.88. The van der Waals surface area contributed by atoms with Crippen molar-refractivity contribution >= 4 is 27.5 Å². The van der Waals surface area contributed by atoms with Gasteiger partial charge in [0.15, 0.2) is 0 Å². The van der Waals surface area contributed by atoms with Gasteiger partial charge >= 0.3 is 0 Å². The summed E-state index contributed by atoms with van der Waals surface area (Å²) in [7, 11) is -4.30. The molecule has 0 radical (unpaired) electrons. The number of nitrogens with zero attached hydrogens (tertiary/aromatic N) is 2. The molecule has 8 nitrogen and oxygen atoms in total. The van der Waals surface area contributed by atoms with Gasteiger partial charge in [-0.05, 0) is 93.3 Å². The minimum atomic E-state index is -4.30. The first-order valence-electron chi connectivity index (χ1n) is 14.2. The number of hydrogen-bond acceptors (Lipinski definition) is 5. The highest BCUT2D eigenvalue weighted by Crippen LogP contribution is 2.27. The minimum absolute atomic E-state index is 0.0961. The summed E-state index contributed by atoms with van der Waals surface area (Å²) in [4.78, 5) is 28.8. The van der Waals surface area contributed by atoms with Gasteiger partial charge in [0.25, 0.3) is 10.0 Å². The number of carbonyl (C=O) groups is 2. The summed E-state index contributed by atoms with van der Waals surface area (Å²) in [6.07, 6.45) is 1.04. The zero-order chi connectivity index (χ0) is 30.9. The van der Waals surface area contributed by atoms with E-state index in [4.69, 9.17) is 4.74 Å². The number of amides is 2. The van der Waals surface area contributed by atoms with Gasteiger partial charge in [0.2, 0.25) is 11.8 Å². The van der Waals surface area contributed by atoms with E-state index in [0.29, 0.717) is 18.8 Å². The van der Waals surface area contributed by atoms with Crippen LogP contribution in [0.15, 0.2) is 77.7 Å². The molecule has 0 fully saturated rings. The molecule has 0 saturated heterocycles. The molecule has 0 aliphatic rings. The Morgan fingerprint density at radius 3 is 2.14 bits per heavy atom. The molecule has 42 heavy (non-hydrogen) atoms. The van der Waals surface area contributed by atoms with Crippen LogP contribution in [0.5, 0.6) is 5.75 Å². The molecule has 0 aliphatic heterocycles. The second kappa shape index (κ2) is 14.8. The number of sulfonamides is 1. The zero-order valence-electron chi connectivity index (χ0n) is 24.8. The summed E-state index contributed by atoms with van der Waals surface area (Å²) < 4.78 is 48.0. The number of rotatable bonds is 14. The molecule has 3 aromatic rings. The van der Waals surface area contributed by atoms with Crippen LogP contribution >= 0.6 is 0 Å². The maximum Gasteiger partial charge on any atom is 0.264 e. The van der Waals surface area contributed by atoms with E-state index in [1.807, 2.05) is 58.9 Å². The Balaban J connectivity index is 2.07. The standard InChI is InChI=1S/C32H40FN3O5S/c1-6-24(5)34-32(38)30(7-2)35(21-25-12-10-9-11-23(25)4)31(37)22-36(27-15-17-28(18-16-27)41-8-3)42(39,40)29-19-13-26(33)14-20-29/h9-20,24,30H,6-8,21-22H2,1-5H3,(H,34,38). The van der Waals surface area contributed by atoms with Crippen molar-refractivity contribution in [2.75, 3.05) is 17.5 Å². The molecule has 1 N–H and O–H groups in total. The molecule has 3 aromatic carbocycles. The highest BCUT2D eigenvalue weighted by Gasteiger charge is 2.34. The number of halogens is 1. The molecular weight excluding hydrogens is 557 g/mol. The maximum atomic E-state index is 14.2. The van der Waals surface area contributed by atoms with Crippen molar-refractivity contribution in [3.8, 4) is 5.75 Å². The SMILES string of the molecule is CCOc1ccc(N(CC(=O)N(Cc2ccccc2C)C(CC)C(=O)NC(C)CC)S(=O)(=O)c2ccc(F)cc2)cc1. The molecule has 0 aliphatic carbocycles. The molecule has 0 bridgehead atoms. The fourth-order valence-electron chi connectivity index (χ4n) is 4.47. The lowest BCUT2D eigenvalue weighted by atomic mass is 10.1. The molecule has 2 amide bonds. The van der Waals surface area contributed by atoms with E-state index in [2.05, 4.69) is 5.32 Å². The molecule has 2 unspecified atom stereocenters. The Bertz CT molecular complexity index is 1450. The van der Waals surface area contributed by atoms with Gasteiger partial charge in [-0.2, -0.15) is 0 Å². The Kier molecular flexibility index (Phi) is 11.5. The average molecular weight is 598 g/mol. The van der Waals surface area contributed by atoms with Gasteiger partial charge < -0.3 is 15.0 Å². The second-order valence-corrected chi connectivity index (χ2v) is 11.9. The Labute approximate surface area is 248 Å². The quantitative estimate of drug-likeness (QED) is 0.267. The van der Waals surface area contributed by atoms with E-state index >= 15 is 0 Å². The van der Waals surface area contributed by atoms with Crippen molar-refractivity contribution in [1.29, 1.82) is 0 Å². The second-order valence-electron chi connectivity index (χ2n) is 10.1. The van der Waals surface area contributed by atoms with Crippen molar-refractivity contribution in [1.82, 2.24) is 10.2 Å². The number of nitrogens with one attached hydrogen (secondary N) is 1. The van der Waals surface area contributed by atoms with Crippen LogP contribution < -0.4 is 14.4 Å². The van der Waals surface area contributed by atoms with E-state index in [-0.39, 0.29) is 29.1 Å². The number of anilines is 1. The van der Waals surface area contributed by atoms with E-state index in [9.17, 15) is 22.4 Å². The number of hydrogen-bond donors (Lipinski definition) is 1. The Morgan fingerprint density at radius 1 is 0.929 bits per heavy atom. The summed E-state index contributed by atoms with van der Waals surface area (Å²) in [5.41, 5.74) is 2.01. The summed E-state index contributed by atoms with van der Waals surface area (Å²) in [5.74, 6) is -0.896. The van der Waals surface area contributed by atoms with Crippen LogP contribution in [0.3, 0.4) is 0 Å². The van der Waals surface area contributed by atoms with Gasteiger partial charge in [0.1, 0.15) is 24.2 Å². The van der Waals surface area contributed by atoms with Crippen LogP contribution in [0.1, 0.15) is 51.7 Å². The van der Waals surface area contributed by atoms with Gasteiger partial charge in [-0.25, -0.2) is 12.8 Å². The molecule has 0 spiro atoms. The lowest BCUT2D eigenvalue weighted by Crippen LogP contribution is -2.53. The monoisotopic (exact) mass is 597 g/mol. The third-order valence-corrected chi connectivity index (χ3v) is 8.89. The van der Waals surface area contributed by atoms with Crippen molar-refractivity contribution < 1.29 is 27.1 Å². The number of benzene rings is 3. The van der Waals surface area contributed by atoms with Crippen molar-refractivity contribution in [2.24, 2.45) is 0 Å². The third-order valence-electron chi connectivity index (χ3n) is 7.11. The molecule has 0 aromatic heterocycles. The molecule has 0 heterocycles. The molecule has 0 saturated carbocycles. The van der Waals surface area contributed by atoms with E-state index in [1.165, 1.54) is 4.90 Å². The van der Waals surface area contributed by atoms with E-state index in [0.717, 1.165) is 46.1 Å². The topological polar surface area (TPSA) is 96.0 Å². The highest BCUT2D eigenvalue weighted by atomic mass is 32.2. The summed E-state index contributed by atoms with van der Waals surface area (Å²) in [6.45, 7) is 9.39.